The summed E-state index contributed by atoms with van der Waals surface area (Å²) < 4.78 is 0. The first-order chi connectivity index (χ1) is 8.48. The molecule has 1 aromatic rings. The number of hydrogen-bond acceptors (Lipinski definition) is 1. The Hall–Kier alpha value is -1.50. The molecule has 0 aromatic heterocycles. The van der Waals surface area contributed by atoms with Crippen molar-refractivity contribution in [2.24, 2.45) is 5.92 Å². The number of nitrogen functional groups attached to an aromatic ring is 1. The molecule has 0 amide bonds. The van der Waals surface area contributed by atoms with Crippen LogP contribution >= 0.6 is 0 Å². The molecule has 2 unspecified atom stereocenters. The van der Waals surface area contributed by atoms with Gasteiger partial charge in [0.05, 0.1) is 0 Å². The van der Waals surface area contributed by atoms with Crippen molar-refractivity contribution in [2.75, 3.05) is 5.73 Å². The molecule has 0 saturated heterocycles. The average Bonchev–Trinajstić information content (AvgIpc) is 2.49. The highest BCUT2D eigenvalue weighted by Crippen LogP contribution is 2.47. The molecule has 2 aliphatic carbocycles. The number of benzene rings is 1. The zero-order valence-corrected chi connectivity index (χ0v) is 11.4. The van der Waals surface area contributed by atoms with Crippen molar-refractivity contribution in [3.05, 3.63) is 53.1 Å². The zero-order chi connectivity index (χ0) is 12.9. The third kappa shape index (κ3) is 1.61. The zero-order valence-electron chi connectivity index (χ0n) is 11.4. The van der Waals surface area contributed by atoms with E-state index in [1.54, 1.807) is 0 Å². The molecule has 0 aliphatic heterocycles. The van der Waals surface area contributed by atoms with Gasteiger partial charge in [-0.05, 0) is 41.2 Å². The topological polar surface area (TPSA) is 26.0 Å². The Labute approximate surface area is 109 Å². The number of fused-ring (bicyclic) bond motifs is 3. The van der Waals surface area contributed by atoms with E-state index in [4.69, 9.17) is 5.73 Å². The van der Waals surface area contributed by atoms with Gasteiger partial charge in [0.2, 0.25) is 0 Å². The van der Waals surface area contributed by atoms with Crippen LogP contribution in [0.25, 0.3) is 0 Å². The Morgan fingerprint density at radius 1 is 1.28 bits per heavy atom. The first kappa shape index (κ1) is 11.6. The van der Waals surface area contributed by atoms with Crippen LogP contribution in [0.4, 0.5) is 5.69 Å². The van der Waals surface area contributed by atoms with E-state index in [1.807, 2.05) is 6.07 Å². The molecule has 3 rings (SSSR count). The van der Waals surface area contributed by atoms with Gasteiger partial charge in [-0.15, -0.1) is 0 Å². The van der Waals surface area contributed by atoms with E-state index in [-0.39, 0.29) is 5.41 Å². The fourth-order valence-corrected chi connectivity index (χ4v) is 3.31. The third-order valence-electron chi connectivity index (χ3n) is 4.48. The lowest BCUT2D eigenvalue weighted by atomic mass is 9.68. The van der Waals surface area contributed by atoms with Crippen LogP contribution in [-0.2, 0) is 5.41 Å². The predicted octanol–water partition coefficient (Wildman–Crippen LogP) is 4.17. The van der Waals surface area contributed by atoms with Gasteiger partial charge in [-0.2, -0.15) is 0 Å². The lowest BCUT2D eigenvalue weighted by molar-refractivity contribution is 0.559. The van der Waals surface area contributed by atoms with Gasteiger partial charge < -0.3 is 5.73 Å². The van der Waals surface area contributed by atoms with Crippen LogP contribution in [0.5, 0.6) is 0 Å². The van der Waals surface area contributed by atoms with E-state index in [9.17, 15) is 0 Å². The van der Waals surface area contributed by atoms with E-state index in [0.717, 1.165) is 5.69 Å². The van der Waals surface area contributed by atoms with Crippen molar-refractivity contribution < 1.29 is 0 Å². The molecule has 94 valence electrons. The second-order valence-corrected chi connectivity index (χ2v) is 6.27. The van der Waals surface area contributed by atoms with Gasteiger partial charge in [0, 0.05) is 17.0 Å². The third-order valence-corrected chi connectivity index (χ3v) is 4.48. The molecule has 1 heteroatoms. The Bertz CT molecular complexity index is 549. The summed E-state index contributed by atoms with van der Waals surface area (Å²) in [6, 6.07) is 6.43. The molecule has 2 aliphatic rings. The molecule has 0 radical (unpaired) electrons. The summed E-state index contributed by atoms with van der Waals surface area (Å²) in [4.78, 5) is 0. The summed E-state index contributed by atoms with van der Waals surface area (Å²) in [5, 5.41) is 0. The SMILES string of the molecule is CC1C=CC2=CC(C1)c1ccc(N)cc1C2(C)C. The largest absolute Gasteiger partial charge is 0.399 e. The quantitative estimate of drug-likeness (QED) is 0.676. The molecule has 18 heavy (non-hydrogen) atoms. The molecule has 1 aromatic carbocycles. The van der Waals surface area contributed by atoms with Crippen LogP contribution in [0.2, 0.25) is 0 Å². The maximum Gasteiger partial charge on any atom is 0.0317 e. The van der Waals surface area contributed by atoms with Gasteiger partial charge >= 0.3 is 0 Å². The monoisotopic (exact) mass is 239 g/mol. The van der Waals surface area contributed by atoms with Crippen molar-refractivity contribution in [3.63, 3.8) is 0 Å². The Morgan fingerprint density at radius 3 is 2.83 bits per heavy atom. The van der Waals surface area contributed by atoms with Crippen LogP contribution in [-0.4, -0.2) is 0 Å². The summed E-state index contributed by atoms with van der Waals surface area (Å²) in [7, 11) is 0. The molecular formula is C17H21N. The lowest BCUT2D eigenvalue weighted by Gasteiger charge is -2.36. The van der Waals surface area contributed by atoms with E-state index < -0.39 is 0 Å². The Balaban J connectivity index is 2.22. The van der Waals surface area contributed by atoms with Gasteiger partial charge in [-0.25, -0.2) is 0 Å². The number of nitrogens with two attached hydrogens (primary N) is 1. The van der Waals surface area contributed by atoms with Crippen molar-refractivity contribution in [2.45, 2.75) is 38.5 Å². The Morgan fingerprint density at radius 2 is 2.06 bits per heavy atom. The number of rotatable bonds is 0. The average molecular weight is 239 g/mol. The smallest absolute Gasteiger partial charge is 0.0317 e. The second-order valence-electron chi connectivity index (χ2n) is 6.27. The fourth-order valence-electron chi connectivity index (χ4n) is 3.31. The van der Waals surface area contributed by atoms with Gasteiger partial charge in [-0.1, -0.05) is 45.1 Å². The van der Waals surface area contributed by atoms with E-state index in [0.29, 0.717) is 11.8 Å². The minimum atomic E-state index is 0.0712. The standard InChI is InChI=1S/C17H21N/c1-11-4-5-13-9-12(8-11)15-7-6-14(18)10-16(15)17(13,2)3/h4-7,9-12H,8,18H2,1-3H3. The number of anilines is 1. The van der Waals surface area contributed by atoms with E-state index >= 15 is 0 Å². The molecule has 0 fully saturated rings. The molecule has 2 atom stereocenters. The van der Waals surface area contributed by atoms with E-state index in [1.165, 1.54) is 23.1 Å². The minimum absolute atomic E-state index is 0.0712. The lowest BCUT2D eigenvalue weighted by Crippen LogP contribution is -2.26. The molecule has 0 heterocycles. The molecule has 0 saturated carbocycles. The molecule has 2 N–H and O–H groups in total. The maximum atomic E-state index is 5.98. The number of hydrogen-bond donors (Lipinski definition) is 1. The summed E-state index contributed by atoms with van der Waals surface area (Å²) in [5.74, 6) is 1.19. The summed E-state index contributed by atoms with van der Waals surface area (Å²) >= 11 is 0. The van der Waals surface area contributed by atoms with Crippen molar-refractivity contribution in [3.8, 4) is 0 Å². The first-order valence-electron chi connectivity index (χ1n) is 6.79. The van der Waals surface area contributed by atoms with Gasteiger partial charge in [0.15, 0.2) is 0 Å². The molecular weight excluding hydrogens is 218 g/mol. The first-order valence-corrected chi connectivity index (χ1v) is 6.79. The van der Waals surface area contributed by atoms with Crippen molar-refractivity contribution in [1.29, 1.82) is 0 Å². The summed E-state index contributed by atoms with van der Waals surface area (Å²) in [6.45, 7) is 6.90. The van der Waals surface area contributed by atoms with Gasteiger partial charge in [0.25, 0.3) is 0 Å². The molecule has 2 bridgehead atoms. The van der Waals surface area contributed by atoms with Crippen LogP contribution in [0.3, 0.4) is 0 Å². The highest BCUT2D eigenvalue weighted by Gasteiger charge is 2.35. The molecule has 0 spiro atoms. The van der Waals surface area contributed by atoms with Gasteiger partial charge in [-0.3, -0.25) is 0 Å². The van der Waals surface area contributed by atoms with Crippen LogP contribution in [0.1, 0.15) is 44.2 Å². The number of allylic oxidation sites excluding steroid dienone is 4. The highest BCUT2D eigenvalue weighted by molar-refractivity contribution is 5.57. The van der Waals surface area contributed by atoms with Crippen LogP contribution in [0, 0.1) is 5.92 Å². The molecule has 1 nitrogen and oxygen atoms in total. The Kier molecular flexibility index (Phi) is 2.41. The highest BCUT2D eigenvalue weighted by atomic mass is 14.5. The second kappa shape index (κ2) is 3.74. The van der Waals surface area contributed by atoms with Crippen LogP contribution in [0.15, 0.2) is 42.0 Å². The summed E-state index contributed by atoms with van der Waals surface area (Å²) in [5.41, 5.74) is 11.2. The minimum Gasteiger partial charge on any atom is -0.399 e. The predicted molar refractivity (Wildman–Crippen MR) is 77.6 cm³/mol. The maximum absolute atomic E-state index is 5.98. The normalized spacial score (nSPS) is 28.3. The van der Waals surface area contributed by atoms with Crippen LogP contribution < -0.4 is 5.73 Å². The van der Waals surface area contributed by atoms with Crippen molar-refractivity contribution in [1.82, 2.24) is 0 Å². The summed E-state index contributed by atoms with van der Waals surface area (Å²) in [6.07, 6.45) is 8.32. The van der Waals surface area contributed by atoms with Gasteiger partial charge in [0.1, 0.15) is 0 Å². The van der Waals surface area contributed by atoms with Crippen molar-refractivity contribution >= 4 is 5.69 Å². The van der Waals surface area contributed by atoms with E-state index in [2.05, 4.69) is 51.1 Å². The fraction of sp³-hybridized carbons (Fsp3) is 0.412.